The molecule has 8 heteroatoms. The van der Waals surface area contributed by atoms with Gasteiger partial charge in [0.25, 0.3) is 5.91 Å². The standard InChI is InChI=1S/C16H18N2O5S/c1-7(19)12-10-5-9(13(16(22)23)18(10)15(12)21)11-4-8(6-24-11)14(20)17(2)3/h4,6-7,10,12,19H,5H2,1-3H3,(H,22,23). The molecule has 1 aromatic rings. The van der Waals surface area contributed by atoms with Gasteiger partial charge in [0, 0.05) is 29.9 Å². The number of aliphatic hydroxyl groups is 1. The molecule has 3 heterocycles. The van der Waals surface area contributed by atoms with E-state index in [-0.39, 0.29) is 23.6 Å². The molecule has 2 aliphatic heterocycles. The van der Waals surface area contributed by atoms with E-state index in [1.54, 1.807) is 25.5 Å². The fraction of sp³-hybridized carbons (Fsp3) is 0.438. The third-order valence-corrected chi connectivity index (χ3v) is 5.47. The summed E-state index contributed by atoms with van der Waals surface area (Å²) in [4.78, 5) is 39.3. The zero-order chi connectivity index (χ0) is 17.8. The molecule has 2 aliphatic rings. The molecule has 0 saturated carbocycles. The summed E-state index contributed by atoms with van der Waals surface area (Å²) in [7, 11) is 3.30. The molecule has 2 amide bonds. The number of carbonyl (C=O) groups is 3. The lowest BCUT2D eigenvalue weighted by molar-refractivity contribution is -0.161. The van der Waals surface area contributed by atoms with Crippen molar-refractivity contribution in [2.24, 2.45) is 5.92 Å². The molecule has 128 valence electrons. The normalized spacial score (nSPS) is 23.8. The van der Waals surface area contributed by atoms with Gasteiger partial charge in [0.1, 0.15) is 5.70 Å². The number of amides is 2. The fourth-order valence-electron chi connectivity index (χ4n) is 3.35. The van der Waals surface area contributed by atoms with E-state index >= 15 is 0 Å². The zero-order valence-electron chi connectivity index (χ0n) is 13.5. The van der Waals surface area contributed by atoms with Crippen molar-refractivity contribution in [2.45, 2.75) is 25.5 Å². The van der Waals surface area contributed by atoms with Crippen molar-refractivity contribution < 1.29 is 24.6 Å². The molecule has 0 bridgehead atoms. The summed E-state index contributed by atoms with van der Waals surface area (Å²) in [5, 5.41) is 21.0. The number of carbonyl (C=O) groups excluding carboxylic acids is 2. The lowest BCUT2D eigenvalue weighted by Crippen LogP contribution is -2.61. The van der Waals surface area contributed by atoms with Crippen LogP contribution in [0.2, 0.25) is 0 Å². The lowest BCUT2D eigenvalue weighted by Gasteiger charge is -2.44. The third kappa shape index (κ3) is 2.33. The quantitative estimate of drug-likeness (QED) is 0.785. The van der Waals surface area contributed by atoms with E-state index in [2.05, 4.69) is 0 Å². The Hall–Kier alpha value is -2.19. The second-order valence-electron chi connectivity index (χ2n) is 6.28. The molecule has 24 heavy (non-hydrogen) atoms. The number of aliphatic hydroxyl groups excluding tert-OH is 1. The van der Waals surface area contributed by atoms with Crippen LogP contribution in [0.1, 0.15) is 28.6 Å². The van der Waals surface area contributed by atoms with Crippen LogP contribution in [0.25, 0.3) is 5.57 Å². The van der Waals surface area contributed by atoms with Crippen LogP contribution in [-0.4, -0.2) is 64.0 Å². The van der Waals surface area contributed by atoms with Crippen molar-refractivity contribution in [3.63, 3.8) is 0 Å². The van der Waals surface area contributed by atoms with Gasteiger partial charge in [-0.1, -0.05) is 0 Å². The van der Waals surface area contributed by atoms with Crippen molar-refractivity contribution in [3.05, 3.63) is 27.6 Å². The predicted molar refractivity (Wildman–Crippen MR) is 87.3 cm³/mol. The van der Waals surface area contributed by atoms with Crippen molar-refractivity contribution >= 4 is 34.7 Å². The number of hydrogen-bond donors (Lipinski definition) is 2. The molecule has 0 radical (unpaired) electrons. The molecule has 1 fully saturated rings. The molecule has 2 N–H and O–H groups in total. The van der Waals surface area contributed by atoms with E-state index in [0.717, 1.165) is 0 Å². The molecule has 0 aromatic carbocycles. The molecule has 0 aliphatic carbocycles. The molecule has 0 spiro atoms. The Morgan fingerprint density at radius 3 is 2.62 bits per heavy atom. The van der Waals surface area contributed by atoms with Gasteiger partial charge in [-0.2, -0.15) is 0 Å². The second-order valence-corrected chi connectivity index (χ2v) is 7.19. The number of rotatable bonds is 4. The average Bonchev–Trinajstić information content (AvgIpc) is 3.07. The van der Waals surface area contributed by atoms with Gasteiger partial charge in [0.2, 0.25) is 5.91 Å². The highest BCUT2D eigenvalue weighted by atomic mass is 32.1. The molecular weight excluding hydrogens is 332 g/mol. The summed E-state index contributed by atoms with van der Waals surface area (Å²) in [5.74, 6) is -2.25. The maximum absolute atomic E-state index is 12.2. The maximum Gasteiger partial charge on any atom is 0.352 e. The van der Waals surface area contributed by atoms with E-state index in [1.165, 1.54) is 28.1 Å². The highest BCUT2D eigenvalue weighted by Gasteiger charge is 2.56. The van der Waals surface area contributed by atoms with Crippen LogP contribution in [0.15, 0.2) is 17.1 Å². The summed E-state index contributed by atoms with van der Waals surface area (Å²) in [6.45, 7) is 1.54. The van der Waals surface area contributed by atoms with Crippen LogP contribution in [0, 0.1) is 5.92 Å². The van der Waals surface area contributed by atoms with Crippen LogP contribution < -0.4 is 0 Å². The van der Waals surface area contributed by atoms with Crippen molar-refractivity contribution in [3.8, 4) is 0 Å². The van der Waals surface area contributed by atoms with Gasteiger partial charge in [0.15, 0.2) is 0 Å². The molecule has 3 rings (SSSR count). The van der Waals surface area contributed by atoms with Gasteiger partial charge < -0.3 is 20.0 Å². The number of aliphatic carboxylic acids is 1. The van der Waals surface area contributed by atoms with E-state index < -0.39 is 18.0 Å². The predicted octanol–water partition coefficient (Wildman–Crippen LogP) is 0.857. The topological polar surface area (TPSA) is 98.1 Å². The number of carboxylic acids is 1. The second kappa shape index (κ2) is 5.71. The Balaban J connectivity index is 1.97. The van der Waals surface area contributed by atoms with E-state index in [4.69, 9.17) is 0 Å². The first-order valence-corrected chi connectivity index (χ1v) is 8.40. The Morgan fingerprint density at radius 1 is 1.42 bits per heavy atom. The summed E-state index contributed by atoms with van der Waals surface area (Å²) < 4.78 is 0. The first-order chi connectivity index (χ1) is 11.2. The fourth-order valence-corrected chi connectivity index (χ4v) is 4.29. The highest BCUT2D eigenvalue weighted by Crippen LogP contribution is 2.47. The molecule has 3 atom stereocenters. The smallest absolute Gasteiger partial charge is 0.352 e. The minimum Gasteiger partial charge on any atom is -0.477 e. The van der Waals surface area contributed by atoms with Crippen LogP contribution in [0.3, 0.4) is 0 Å². The SMILES string of the molecule is CC(O)C1C(=O)N2C(C(=O)O)=C(c3cc(C(=O)N(C)C)cs3)CC12. The minimum atomic E-state index is -1.17. The Labute approximate surface area is 142 Å². The molecule has 1 aromatic heterocycles. The van der Waals surface area contributed by atoms with Gasteiger partial charge in [-0.3, -0.25) is 9.59 Å². The van der Waals surface area contributed by atoms with Gasteiger partial charge in [-0.15, -0.1) is 11.3 Å². The summed E-state index contributed by atoms with van der Waals surface area (Å²) >= 11 is 1.29. The molecular formula is C16H18N2O5S. The van der Waals surface area contributed by atoms with E-state index in [0.29, 0.717) is 22.4 Å². The van der Waals surface area contributed by atoms with Gasteiger partial charge in [0.05, 0.1) is 23.6 Å². The van der Waals surface area contributed by atoms with Gasteiger partial charge >= 0.3 is 5.97 Å². The third-order valence-electron chi connectivity index (χ3n) is 4.48. The van der Waals surface area contributed by atoms with Crippen LogP contribution in [0.4, 0.5) is 0 Å². The monoisotopic (exact) mass is 350 g/mol. The van der Waals surface area contributed by atoms with Gasteiger partial charge in [-0.25, -0.2) is 4.79 Å². The zero-order valence-corrected chi connectivity index (χ0v) is 14.3. The van der Waals surface area contributed by atoms with Crippen molar-refractivity contribution in [2.75, 3.05) is 14.1 Å². The number of hydrogen-bond acceptors (Lipinski definition) is 5. The summed E-state index contributed by atoms with van der Waals surface area (Å²) in [6.07, 6.45) is -0.443. The van der Waals surface area contributed by atoms with Crippen molar-refractivity contribution in [1.82, 2.24) is 9.80 Å². The van der Waals surface area contributed by atoms with Gasteiger partial charge in [-0.05, 0) is 19.4 Å². The largest absolute Gasteiger partial charge is 0.477 e. The summed E-state index contributed by atoms with van der Waals surface area (Å²) in [5.41, 5.74) is 1.00. The van der Waals surface area contributed by atoms with E-state index in [9.17, 15) is 24.6 Å². The van der Waals surface area contributed by atoms with Crippen LogP contribution >= 0.6 is 11.3 Å². The van der Waals surface area contributed by atoms with Crippen molar-refractivity contribution in [1.29, 1.82) is 0 Å². The van der Waals surface area contributed by atoms with Crippen LogP contribution in [-0.2, 0) is 9.59 Å². The molecule has 7 nitrogen and oxygen atoms in total. The lowest BCUT2D eigenvalue weighted by atomic mass is 9.83. The number of β-lactam (4-membered cyclic amide) rings is 1. The Morgan fingerprint density at radius 2 is 2.08 bits per heavy atom. The minimum absolute atomic E-state index is 0.0346. The Kier molecular flexibility index (Phi) is 3.97. The first kappa shape index (κ1) is 16.7. The number of fused-ring (bicyclic) bond motifs is 1. The molecule has 3 unspecified atom stereocenters. The number of nitrogens with zero attached hydrogens (tertiary/aromatic N) is 2. The molecule has 1 saturated heterocycles. The first-order valence-electron chi connectivity index (χ1n) is 7.52. The van der Waals surface area contributed by atoms with Crippen LogP contribution in [0.5, 0.6) is 0 Å². The number of carboxylic acid groups (broad SMARTS) is 1. The number of thiophene rings is 1. The highest BCUT2D eigenvalue weighted by molar-refractivity contribution is 7.11. The maximum atomic E-state index is 12.2. The Bertz CT molecular complexity index is 764. The average molecular weight is 350 g/mol. The summed E-state index contributed by atoms with van der Waals surface area (Å²) in [6, 6.07) is 1.34. The van der Waals surface area contributed by atoms with E-state index in [1.807, 2.05) is 0 Å².